The van der Waals surface area contributed by atoms with E-state index < -0.39 is 12.1 Å². The van der Waals surface area contributed by atoms with Gasteiger partial charge in [0.25, 0.3) is 0 Å². The molecule has 0 aliphatic carbocycles. The summed E-state index contributed by atoms with van der Waals surface area (Å²) < 4.78 is 39.4. The zero-order valence-corrected chi connectivity index (χ0v) is 8.86. The minimum atomic E-state index is -4.90. The fourth-order valence-electron chi connectivity index (χ4n) is 0.928. The number of ether oxygens (including phenoxy) is 1. The second-order valence-corrected chi connectivity index (χ2v) is 3.16. The molecule has 1 N–H and O–H groups in total. The third kappa shape index (κ3) is 6.33. The Labute approximate surface area is 87.0 Å². The number of esters is 1. The molecule has 6 heteroatoms. The number of rotatable bonds is 6. The zero-order chi connectivity index (χ0) is 11.9. The van der Waals surface area contributed by atoms with Gasteiger partial charge in [0.2, 0.25) is 0 Å². The van der Waals surface area contributed by atoms with Gasteiger partial charge in [-0.15, -0.1) is 0 Å². The SMILES string of the molecule is CCCNC(CC)COC(=O)C(F)(F)F. The smallest absolute Gasteiger partial charge is 0.457 e. The Morgan fingerprint density at radius 2 is 2.00 bits per heavy atom. The molecule has 3 nitrogen and oxygen atoms in total. The Bertz CT molecular complexity index is 194. The fraction of sp³-hybridized carbons (Fsp3) is 0.889. The van der Waals surface area contributed by atoms with Crippen molar-refractivity contribution >= 4 is 5.97 Å². The molecule has 0 aliphatic rings. The van der Waals surface area contributed by atoms with Gasteiger partial charge < -0.3 is 10.1 Å². The van der Waals surface area contributed by atoms with E-state index in [1.807, 2.05) is 13.8 Å². The monoisotopic (exact) mass is 227 g/mol. The molecule has 0 bridgehead atoms. The van der Waals surface area contributed by atoms with E-state index in [9.17, 15) is 18.0 Å². The minimum Gasteiger partial charge on any atom is -0.457 e. The van der Waals surface area contributed by atoms with Crippen molar-refractivity contribution in [3.63, 3.8) is 0 Å². The Hall–Kier alpha value is -0.780. The molecule has 0 aliphatic heterocycles. The minimum absolute atomic E-state index is 0.212. The molecule has 90 valence electrons. The second-order valence-electron chi connectivity index (χ2n) is 3.16. The summed E-state index contributed by atoms with van der Waals surface area (Å²) in [6.07, 6.45) is -3.40. The van der Waals surface area contributed by atoms with Crippen LogP contribution in [-0.4, -0.2) is 31.3 Å². The quantitative estimate of drug-likeness (QED) is 0.704. The van der Waals surface area contributed by atoms with Crippen LogP contribution in [0.3, 0.4) is 0 Å². The Balaban J connectivity index is 3.85. The molecule has 0 aromatic heterocycles. The van der Waals surface area contributed by atoms with E-state index in [1.165, 1.54) is 0 Å². The van der Waals surface area contributed by atoms with E-state index in [0.29, 0.717) is 13.0 Å². The van der Waals surface area contributed by atoms with Gasteiger partial charge in [0.05, 0.1) is 0 Å². The molecule has 1 atom stereocenters. The van der Waals surface area contributed by atoms with Crippen molar-refractivity contribution in [2.24, 2.45) is 0 Å². The first-order valence-electron chi connectivity index (χ1n) is 4.89. The topological polar surface area (TPSA) is 38.3 Å². The van der Waals surface area contributed by atoms with Gasteiger partial charge >= 0.3 is 12.1 Å². The van der Waals surface area contributed by atoms with Crippen molar-refractivity contribution < 1.29 is 22.7 Å². The molecule has 0 amide bonds. The molecule has 0 spiro atoms. The standard InChI is InChI=1S/C9H16F3NO2/c1-3-5-13-7(4-2)6-15-8(14)9(10,11)12/h7,13H,3-6H2,1-2H3. The molecule has 0 rings (SSSR count). The molecule has 0 aromatic rings. The lowest BCUT2D eigenvalue weighted by molar-refractivity contribution is -0.200. The first-order valence-corrected chi connectivity index (χ1v) is 4.89. The molecular formula is C9H16F3NO2. The predicted octanol–water partition coefficient (Wildman–Crippen LogP) is 1.87. The average Bonchev–Trinajstić information content (AvgIpc) is 2.16. The molecule has 15 heavy (non-hydrogen) atoms. The Kier molecular flexibility index (Phi) is 6.31. The lowest BCUT2D eigenvalue weighted by Gasteiger charge is -2.16. The number of alkyl halides is 3. The van der Waals surface area contributed by atoms with Gasteiger partial charge in [-0.3, -0.25) is 0 Å². The van der Waals surface area contributed by atoms with E-state index in [0.717, 1.165) is 6.42 Å². The van der Waals surface area contributed by atoms with E-state index in [1.54, 1.807) is 0 Å². The van der Waals surface area contributed by atoms with Gasteiger partial charge in [-0.05, 0) is 19.4 Å². The third-order valence-electron chi connectivity index (χ3n) is 1.82. The molecular weight excluding hydrogens is 211 g/mol. The van der Waals surface area contributed by atoms with Crippen molar-refractivity contribution in [2.45, 2.75) is 38.9 Å². The summed E-state index contributed by atoms with van der Waals surface area (Å²) in [5.41, 5.74) is 0. The summed E-state index contributed by atoms with van der Waals surface area (Å²) in [6.45, 7) is 4.22. The molecule has 0 saturated carbocycles. The summed E-state index contributed by atoms with van der Waals surface area (Å²) in [4.78, 5) is 10.4. The van der Waals surface area contributed by atoms with Gasteiger partial charge in [0, 0.05) is 6.04 Å². The van der Waals surface area contributed by atoms with Crippen LogP contribution in [0, 0.1) is 0 Å². The van der Waals surface area contributed by atoms with E-state index in [2.05, 4.69) is 10.1 Å². The summed E-state index contributed by atoms with van der Waals surface area (Å²) in [6, 6.07) is -0.212. The van der Waals surface area contributed by atoms with Crippen molar-refractivity contribution in [1.82, 2.24) is 5.32 Å². The van der Waals surface area contributed by atoms with Crippen LogP contribution in [0.1, 0.15) is 26.7 Å². The van der Waals surface area contributed by atoms with Crippen molar-refractivity contribution in [3.8, 4) is 0 Å². The Morgan fingerprint density at radius 1 is 1.40 bits per heavy atom. The highest BCUT2D eigenvalue weighted by Crippen LogP contribution is 2.16. The Morgan fingerprint density at radius 3 is 2.40 bits per heavy atom. The first-order chi connectivity index (χ1) is 6.91. The summed E-state index contributed by atoms with van der Waals surface area (Å²) in [5, 5.41) is 2.98. The van der Waals surface area contributed by atoms with Crippen LogP contribution >= 0.6 is 0 Å². The van der Waals surface area contributed by atoms with Gasteiger partial charge in [-0.1, -0.05) is 13.8 Å². The lowest BCUT2D eigenvalue weighted by atomic mass is 10.2. The number of carbonyl (C=O) groups is 1. The molecule has 0 aromatic carbocycles. The highest BCUT2D eigenvalue weighted by atomic mass is 19.4. The second kappa shape index (κ2) is 6.66. The molecule has 1 unspecified atom stereocenters. The van der Waals surface area contributed by atoms with Crippen LogP contribution in [0.5, 0.6) is 0 Å². The third-order valence-corrected chi connectivity index (χ3v) is 1.82. The van der Waals surface area contributed by atoms with Crippen LogP contribution < -0.4 is 5.32 Å². The molecule has 0 saturated heterocycles. The summed E-state index contributed by atoms with van der Waals surface area (Å²) in [5.74, 6) is -2.13. The van der Waals surface area contributed by atoms with E-state index >= 15 is 0 Å². The van der Waals surface area contributed by atoms with Crippen molar-refractivity contribution in [3.05, 3.63) is 0 Å². The van der Waals surface area contributed by atoms with Crippen LogP contribution in [0.15, 0.2) is 0 Å². The maximum Gasteiger partial charge on any atom is 0.490 e. The number of hydrogen-bond donors (Lipinski definition) is 1. The first kappa shape index (κ1) is 14.2. The van der Waals surface area contributed by atoms with Crippen LogP contribution in [0.4, 0.5) is 13.2 Å². The van der Waals surface area contributed by atoms with E-state index in [-0.39, 0.29) is 12.6 Å². The lowest BCUT2D eigenvalue weighted by Crippen LogP contribution is -2.36. The van der Waals surface area contributed by atoms with Gasteiger partial charge in [0.15, 0.2) is 0 Å². The normalized spacial score (nSPS) is 13.7. The van der Waals surface area contributed by atoms with Crippen LogP contribution in [0.2, 0.25) is 0 Å². The highest BCUT2D eigenvalue weighted by molar-refractivity contribution is 5.75. The maximum absolute atomic E-state index is 11.8. The van der Waals surface area contributed by atoms with Gasteiger partial charge in [-0.25, -0.2) is 4.79 Å². The zero-order valence-electron chi connectivity index (χ0n) is 8.86. The summed E-state index contributed by atoms with van der Waals surface area (Å²) >= 11 is 0. The van der Waals surface area contributed by atoms with E-state index in [4.69, 9.17) is 0 Å². The highest BCUT2D eigenvalue weighted by Gasteiger charge is 2.41. The average molecular weight is 227 g/mol. The number of carbonyl (C=O) groups excluding carboxylic acids is 1. The molecule has 0 heterocycles. The van der Waals surface area contributed by atoms with Gasteiger partial charge in [0.1, 0.15) is 6.61 Å². The van der Waals surface area contributed by atoms with Crippen molar-refractivity contribution in [2.75, 3.05) is 13.2 Å². The van der Waals surface area contributed by atoms with Gasteiger partial charge in [-0.2, -0.15) is 13.2 Å². The summed E-state index contributed by atoms with van der Waals surface area (Å²) in [7, 11) is 0. The van der Waals surface area contributed by atoms with Crippen LogP contribution in [-0.2, 0) is 9.53 Å². The fourth-order valence-corrected chi connectivity index (χ4v) is 0.928. The molecule has 0 fully saturated rings. The largest absolute Gasteiger partial charge is 0.490 e. The number of nitrogens with one attached hydrogen (secondary N) is 1. The molecule has 0 radical (unpaired) electrons. The van der Waals surface area contributed by atoms with Crippen LogP contribution in [0.25, 0.3) is 0 Å². The predicted molar refractivity (Wildman–Crippen MR) is 49.4 cm³/mol. The number of hydrogen-bond acceptors (Lipinski definition) is 3. The van der Waals surface area contributed by atoms with Crippen molar-refractivity contribution in [1.29, 1.82) is 0 Å². The maximum atomic E-state index is 11.8. The number of halogens is 3.